The topological polar surface area (TPSA) is 58.4 Å². The van der Waals surface area contributed by atoms with Crippen molar-refractivity contribution in [3.8, 4) is 0 Å². The van der Waals surface area contributed by atoms with Gasteiger partial charge in [-0.3, -0.25) is 14.2 Å². The standard InChI is InChI=1S/C18H25ClN4O2S/c1-18(2,10-19)17(25)22-6-5-12-13(9-22)26-15-14(12)16(24)23(11-20-15)8-7-21(3)4/h11H,5-10H2,1-4H3. The molecular weight excluding hydrogens is 372 g/mol. The van der Waals surface area contributed by atoms with Crippen LogP contribution in [0.3, 0.4) is 0 Å². The maximum Gasteiger partial charge on any atom is 0.262 e. The molecule has 0 bridgehead atoms. The van der Waals surface area contributed by atoms with Gasteiger partial charge in [0.05, 0.1) is 23.7 Å². The summed E-state index contributed by atoms with van der Waals surface area (Å²) in [4.78, 5) is 35.8. The molecule has 1 aliphatic heterocycles. The normalized spacial score (nSPS) is 14.9. The SMILES string of the molecule is CN(C)CCn1cnc2sc3c(c2c1=O)CCN(C(=O)C(C)(C)CCl)C3. The first kappa shape index (κ1) is 19.3. The van der Waals surface area contributed by atoms with Gasteiger partial charge in [0.25, 0.3) is 5.56 Å². The summed E-state index contributed by atoms with van der Waals surface area (Å²) in [7, 11) is 3.97. The third-order valence-electron chi connectivity index (χ3n) is 4.82. The van der Waals surface area contributed by atoms with Crippen LogP contribution in [0.15, 0.2) is 11.1 Å². The second-order valence-electron chi connectivity index (χ2n) is 7.72. The second-order valence-corrected chi connectivity index (χ2v) is 9.08. The third kappa shape index (κ3) is 3.52. The summed E-state index contributed by atoms with van der Waals surface area (Å²) in [6.45, 7) is 6.29. The summed E-state index contributed by atoms with van der Waals surface area (Å²) >= 11 is 7.48. The van der Waals surface area contributed by atoms with Gasteiger partial charge in [-0.05, 0) is 39.9 Å². The number of nitrogens with zero attached hydrogens (tertiary/aromatic N) is 4. The zero-order valence-electron chi connectivity index (χ0n) is 15.7. The zero-order valence-corrected chi connectivity index (χ0v) is 17.3. The number of carbonyl (C=O) groups is 1. The van der Waals surface area contributed by atoms with Crippen molar-refractivity contribution in [1.82, 2.24) is 19.4 Å². The van der Waals surface area contributed by atoms with Crippen molar-refractivity contribution in [2.45, 2.75) is 33.4 Å². The van der Waals surface area contributed by atoms with Crippen molar-refractivity contribution in [2.75, 3.05) is 33.1 Å². The molecule has 3 heterocycles. The average molecular weight is 397 g/mol. The fourth-order valence-electron chi connectivity index (χ4n) is 3.14. The lowest BCUT2D eigenvalue weighted by Crippen LogP contribution is -2.44. The number of halogens is 1. The van der Waals surface area contributed by atoms with Crippen LogP contribution in [-0.4, -0.2) is 58.3 Å². The fraction of sp³-hybridized carbons (Fsp3) is 0.611. The van der Waals surface area contributed by atoms with Gasteiger partial charge in [0, 0.05) is 30.4 Å². The largest absolute Gasteiger partial charge is 0.337 e. The van der Waals surface area contributed by atoms with E-state index in [-0.39, 0.29) is 11.5 Å². The van der Waals surface area contributed by atoms with Gasteiger partial charge in [0.2, 0.25) is 5.91 Å². The number of hydrogen-bond acceptors (Lipinski definition) is 5. The molecule has 0 atom stereocenters. The molecule has 8 heteroatoms. The van der Waals surface area contributed by atoms with Crippen LogP contribution in [-0.2, 0) is 24.3 Å². The molecule has 0 radical (unpaired) electrons. The molecule has 2 aromatic heterocycles. The Labute approximate surface area is 162 Å². The summed E-state index contributed by atoms with van der Waals surface area (Å²) in [5.41, 5.74) is 0.511. The predicted molar refractivity (Wildman–Crippen MR) is 106 cm³/mol. The Balaban J connectivity index is 1.92. The highest BCUT2D eigenvalue weighted by Gasteiger charge is 2.34. The number of alkyl halides is 1. The van der Waals surface area contributed by atoms with Gasteiger partial charge in [-0.1, -0.05) is 0 Å². The van der Waals surface area contributed by atoms with E-state index in [4.69, 9.17) is 11.6 Å². The van der Waals surface area contributed by atoms with Crippen LogP contribution in [0.25, 0.3) is 10.2 Å². The number of hydrogen-bond donors (Lipinski definition) is 0. The monoisotopic (exact) mass is 396 g/mol. The molecule has 26 heavy (non-hydrogen) atoms. The zero-order chi connectivity index (χ0) is 19.1. The van der Waals surface area contributed by atoms with Crippen molar-refractivity contribution in [1.29, 1.82) is 0 Å². The highest BCUT2D eigenvalue weighted by molar-refractivity contribution is 7.18. The van der Waals surface area contributed by atoms with Gasteiger partial charge in [0.15, 0.2) is 0 Å². The Morgan fingerprint density at radius 2 is 2.15 bits per heavy atom. The molecule has 0 spiro atoms. The highest BCUT2D eigenvalue weighted by atomic mass is 35.5. The Morgan fingerprint density at radius 3 is 2.81 bits per heavy atom. The Bertz CT molecular complexity index is 887. The summed E-state index contributed by atoms with van der Waals surface area (Å²) in [5.74, 6) is 0.353. The average Bonchev–Trinajstić information content (AvgIpc) is 2.98. The Hall–Kier alpha value is -1.44. The molecule has 0 aliphatic carbocycles. The maximum atomic E-state index is 12.9. The molecule has 2 aromatic rings. The Morgan fingerprint density at radius 1 is 1.42 bits per heavy atom. The number of fused-ring (bicyclic) bond motifs is 3. The summed E-state index contributed by atoms with van der Waals surface area (Å²) in [6, 6.07) is 0. The van der Waals surface area contributed by atoms with Crippen molar-refractivity contribution >= 4 is 39.1 Å². The molecule has 0 N–H and O–H groups in total. The number of aromatic nitrogens is 2. The van der Waals surface area contributed by atoms with Crippen LogP contribution in [0.2, 0.25) is 0 Å². The fourth-order valence-corrected chi connectivity index (χ4v) is 4.45. The van der Waals surface area contributed by atoms with Crippen molar-refractivity contribution in [3.05, 3.63) is 27.1 Å². The number of likely N-dealkylation sites (N-methyl/N-ethyl adjacent to an activating group) is 1. The molecular formula is C18H25ClN4O2S. The van der Waals surface area contributed by atoms with Crippen LogP contribution < -0.4 is 5.56 Å². The predicted octanol–water partition coefficient (Wildman–Crippen LogP) is 2.17. The molecule has 6 nitrogen and oxygen atoms in total. The summed E-state index contributed by atoms with van der Waals surface area (Å²) in [6.07, 6.45) is 2.32. The lowest BCUT2D eigenvalue weighted by atomic mass is 9.93. The number of carbonyl (C=O) groups excluding carboxylic acids is 1. The van der Waals surface area contributed by atoms with E-state index in [1.54, 1.807) is 10.9 Å². The van der Waals surface area contributed by atoms with E-state index in [0.29, 0.717) is 31.9 Å². The van der Waals surface area contributed by atoms with Gasteiger partial charge in [-0.25, -0.2) is 4.98 Å². The number of rotatable bonds is 5. The first-order chi connectivity index (χ1) is 12.2. The van der Waals surface area contributed by atoms with Gasteiger partial charge in [-0.15, -0.1) is 22.9 Å². The minimum absolute atomic E-state index is 0.0233. The molecule has 3 rings (SSSR count). The number of amides is 1. The summed E-state index contributed by atoms with van der Waals surface area (Å²) in [5, 5.41) is 0.731. The van der Waals surface area contributed by atoms with Gasteiger partial charge >= 0.3 is 0 Å². The van der Waals surface area contributed by atoms with E-state index >= 15 is 0 Å². The first-order valence-electron chi connectivity index (χ1n) is 8.74. The molecule has 1 amide bonds. The second kappa shape index (κ2) is 7.29. The van der Waals surface area contributed by atoms with E-state index in [1.165, 1.54) is 11.3 Å². The van der Waals surface area contributed by atoms with Crippen molar-refractivity contribution < 1.29 is 4.79 Å². The summed E-state index contributed by atoms with van der Waals surface area (Å²) < 4.78 is 1.68. The van der Waals surface area contributed by atoms with Crippen LogP contribution >= 0.6 is 22.9 Å². The molecule has 142 valence electrons. The molecule has 0 unspecified atom stereocenters. The van der Waals surface area contributed by atoms with Crippen molar-refractivity contribution in [2.24, 2.45) is 5.41 Å². The van der Waals surface area contributed by atoms with Crippen LogP contribution in [0.5, 0.6) is 0 Å². The third-order valence-corrected chi connectivity index (χ3v) is 6.61. The van der Waals surface area contributed by atoms with E-state index < -0.39 is 5.41 Å². The Kier molecular flexibility index (Phi) is 5.42. The van der Waals surface area contributed by atoms with E-state index in [9.17, 15) is 9.59 Å². The molecule has 0 saturated heterocycles. The quantitative estimate of drug-likeness (QED) is 0.727. The lowest BCUT2D eigenvalue weighted by Gasteiger charge is -2.33. The lowest BCUT2D eigenvalue weighted by molar-refractivity contribution is -0.140. The maximum absolute atomic E-state index is 12.9. The van der Waals surface area contributed by atoms with Crippen LogP contribution in [0.4, 0.5) is 0 Å². The smallest absolute Gasteiger partial charge is 0.262 e. The minimum Gasteiger partial charge on any atom is -0.337 e. The molecule has 0 aromatic carbocycles. The van der Waals surface area contributed by atoms with Crippen molar-refractivity contribution in [3.63, 3.8) is 0 Å². The first-order valence-corrected chi connectivity index (χ1v) is 10.1. The number of thiophene rings is 1. The van der Waals surface area contributed by atoms with Gasteiger partial charge in [0.1, 0.15) is 4.83 Å². The molecule has 0 saturated carbocycles. The molecule has 0 fully saturated rings. The van der Waals surface area contributed by atoms with E-state index in [2.05, 4.69) is 4.98 Å². The van der Waals surface area contributed by atoms with Crippen LogP contribution in [0.1, 0.15) is 24.3 Å². The van der Waals surface area contributed by atoms with Gasteiger partial charge < -0.3 is 9.80 Å². The van der Waals surface area contributed by atoms with E-state index in [1.807, 2.05) is 37.7 Å². The van der Waals surface area contributed by atoms with E-state index in [0.717, 1.165) is 27.2 Å². The minimum atomic E-state index is -0.577. The van der Waals surface area contributed by atoms with Gasteiger partial charge in [-0.2, -0.15) is 0 Å². The highest BCUT2D eigenvalue weighted by Crippen LogP contribution is 2.34. The van der Waals surface area contributed by atoms with Crippen LogP contribution in [0, 0.1) is 5.41 Å². The molecule has 1 aliphatic rings.